The van der Waals surface area contributed by atoms with Gasteiger partial charge in [-0.3, -0.25) is 4.79 Å². The Morgan fingerprint density at radius 3 is 2.84 bits per heavy atom. The lowest BCUT2D eigenvalue weighted by atomic mass is 9.98. The Hall–Kier alpha value is 0.380. The van der Waals surface area contributed by atoms with Gasteiger partial charge >= 0.3 is 0 Å². The quantitative estimate of drug-likeness (QED) is 0.475. The Kier molecular flexibility index (Phi) is 6.14. The van der Waals surface area contributed by atoms with Crippen molar-refractivity contribution in [3.8, 4) is 0 Å². The van der Waals surface area contributed by atoms with Crippen LogP contribution in [0.1, 0.15) is 29.6 Å². The summed E-state index contributed by atoms with van der Waals surface area (Å²) in [6.45, 7) is 0.785. The lowest BCUT2D eigenvalue weighted by Crippen LogP contribution is -2.31. The molecule has 1 amide bonds. The summed E-state index contributed by atoms with van der Waals surface area (Å²) in [5.74, 6) is 1.34. The van der Waals surface area contributed by atoms with Gasteiger partial charge in [0.15, 0.2) is 0 Å². The number of hydrogen-bond donors (Lipinski definition) is 1. The van der Waals surface area contributed by atoms with Crippen LogP contribution in [0.4, 0.5) is 0 Å². The van der Waals surface area contributed by atoms with E-state index >= 15 is 0 Å². The van der Waals surface area contributed by atoms with Crippen molar-refractivity contribution >= 4 is 60.4 Å². The number of rotatable bonds is 4. The van der Waals surface area contributed by atoms with Gasteiger partial charge in [-0.15, -0.1) is 0 Å². The van der Waals surface area contributed by atoms with Gasteiger partial charge in [0.1, 0.15) is 0 Å². The fraction of sp³-hybridized carbons (Fsp3) is 0.500. The Morgan fingerprint density at radius 1 is 1.37 bits per heavy atom. The molecule has 0 bridgehead atoms. The molecule has 0 heterocycles. The van der Waals surface area contributed by atoms with Gasteiger partial charge in [-0.25, -0.2) is 0 Å². The molecular formula is C14H16Br2INO. The van der Waals surface area contributed by atoms with Gasteiger partial charge in [0.05, 0.1) is 5.56 Å². The molecule has 0 radical (unpaired) electrons. The van der Waals surface area contributed by atoms with Crippen LogP contribution in [0.25, 0.3) is 0 Å². The first kappa shape index (κ1) is 15.8. The number of amides is 1. The summed E-state index contributed by atoms with van der Waals surface area (Å²) in [6, 6.07) is 5.82. The van der Waals surface area contributed by atoms with Crippen molar-refractivity contribution in [1.29, 1.82) is 0 Å². The molecule has 0 saturated heterocycles. The van der Waals surface area contributed by atoms with E-state index in [2.05, 4.69) is 59.8 Å². The van der Waals surface area contributed by atoms with Crippen molar-refractivity contribution in [2.75, 3.05) is 11.9 Å². The normalized spacial score (nSPS) is 22.5. The number of carbonyl (C=O) groups excluding carboxylic acids is 1. The monoisotopic (exact) mass is 499 g/mol. The fourth-order valence-electron chi connectivity index (χ4n) is 2.58. The highest BCUT2D eigenvalue weighted by Gasteiger charge is 2.26. The lowest BCUT2D eigenvalue weighted by Gasteiger charge is -2.18. The van der Waals surface area contributed by atoms with E-state index in [1.165, 1.54) is 19.3 Å². The Morgan fingerprint density at radius 2 is 2.11 bits per heavy atom. The number of halogens is 3. The molecule has 1 aliphatic rings. The van der Waals surface area contributed by atoms with Crippen molar-refractivity contribution in [1.82, 2.24) is 5.32 Å². The van der Waals surface area contributed by atoms with Gasteiger partial charge in [0, 0.05) is 19.9 Å². The molecule has 1 fully saturated rings. The van der Waals surface area contributed by atoms with E-state index in [4.69, 9.17) is 0 Å². The highest BCUT2D eigenvalue weighted by atomic mass is 127. The minimum Gasteiger partial charge on any atom is -0.352 e. The molecule has 2 nitrogen and oxygen atoms in total. The number of alkyl halides is 1. The highest BCUT2D eigenvalue weighted by molar-refractivity contribution is 14.1. The third-order valence-electron chi connectivity index (χ3n) is 3.71. The van der Waals surface area contributed by atoms with Gasteiger partial charge in [-0.2, -0.15) is 0 Å². The van der Waals surface area contributed by atoms with Crippen LogP contribution in [0, 0.1) is 15.4 Å². The van der Waals surface area contributed by atoms with Crippen molar-refractivity contribution in [2.24, 2.45) is 11.8 Å². The molecule has 5 heteroatoms. The summed E-state index contributed by atoms with van der Waals surface area (Å²) >= 11 is 9.23. The maximum Gasteiger partial charge on any atom is 0.252 e. The number of hydrogen-bond acceptors (Lipinski definition) is 1. The van der Waals surface area contributed by atoms with E-state index in [-0.39, 0.29) is 5.91 Å². The molecule has 104 valence electrons. The summed E-state index contributed by atoms with van der Waals surface area (Å²) < 4.78 is 1.93. The molecule has 0 aliphatic heterocycles. The predicted octanol–water partition coefficient (Wildman–Crippen LogP) is 4.59. The molecule has 0 aromatic heterocycles. The zero-order valence-corrected chi connectivity index (χ0v) is 15.8. The van der Waals surface area contributed by atoms with Gasteiger partial charge in [-0.1, -0.05) is 22.4 Å². The maximum absolute atomic E-state index is 12.2. The second-order valence-electron chi connectivity index (χ2n) is 4.94. The van der Waals surface area contributed by atoms with Crippen LogP contribution < -0.4 is 5.32 Å². The zero-order chi connectivity index (χ0) is 13.8. The average molecular weight is 501 g/mol. The Bertz CT molecular complexity index is 467. The summed E-state index contributed by atoms with van der Waals surface area (Å²) in [5, 5.41) is 4.12. The first-order chi connectivity index (χ1) is 9.11. The fourth-order valence-corrected chi connectivity index (χ4v) is 4.35. The molecule has 19 heavy (non-hydrogen) atoms. The molecular weight excluding hydrogens is 485 g/mol. The molecule has 1 aromatic rings. The summed E-state index contributed by atoms with van der Waals surface area (Å²) in [4.78, 5) is 12.2. The smallest absolute Gasteiger partial charge is 0.252 e. The summed E-state index contributed by atoms with van der Waals surface area (Å²) in [6.07, 6.45) is 3.78. The molecule has 1 aromatic carbocycles. The molecule has 2 rings (SSSR count). The average Bonchev–Trinajstić information content (AvgIpc) is 2.86. The van der Waals surface area contributed by atoms with Crippen LogP contribution in [0.2, 0.25) is 0 Å². The predicted molar refractivity (Wildman–Crippen MR) is 93.8 cm³/mol. The SMILES string of the molecule is O=C(NCC1CCCC1CBr)c1cc(I)ccc1Br. The minimum atomic E-state index is 0.0191. The van der Waals surface area contributed by atoms with Crippen molar-refractivity contribution in [3.05, 3.63) is 31.8 Å². The maximum atomic E-state index is 12.2. The van der Waals surface area contributed by atoms with Crippen molar-refractivity contribution in [2.45, 2.75) is 19.3 Å². The van der Waals surface area contributed by atoms with E-state index in [0.717, 1.165) is 25.5 Å². The van der Waals surface area contributed by atoms with Crippen molar-refractivity contribution < 1.29 is 4.79 Å². The van der Waals surface area contributed by atoms with Crippen LogP contribution in [0.5, 0.6) is 0 Å². The van der Waals surface area contributed by atoms with Crippen LogP contribution >= 0.6 is 54.5 Å². The largest absolute Gasteiger partial charge is 0.352 e. The topological polar surface area (TPSA) is 29.1 Å². The molecule has 1 saturated carbocycles. The summed E-state index contributed by atoms with van der Waals surface area (Å²) in [5.41, 5.74) is 0.722. The van der Waals surface area contributed by atoms with E-state index in [1.54, 1.807) is 0 Å². The van der Waals surface area contributed by atoms with Crippen molar-refractivity contribution in [3.63, 3.8) is 0 Å². The van der Waals surface area contributed by atoms with Crippen LogP contribution in [0.15, 0.2) is 22.7 Å². The van der Waals surface area contributed by atoms with Crippen LogP contribution in [0.3, 0.4) is 0 Å². The molecule has 1 aliphatic carbocycles. The second-order valence-corrected chi connectivity index (χ2v) is 7.69. The molecule has 0 spiro atoms. The molecule has 1 N–H and O–H groups in total. The van der Waals surface area contributed by atoms with Gasteiger partial charge < -0.3 is 5.32 Å². The van der Waals surface area contributed by atoms with E-state index in [0.29, 0.717) is 11.8 Å². The highest BCUT2D eigenvalue weighted by Crippen LogP contribution is 2.32. The van der Waals surface area contributed by atoms with Crippen LogP contribution in [-0.4, -0.2) is 17.8 Å². The third kappa shape index (κ3) is 4.17. The summed E-state index contributed by atoms with van der Waals surface area (Å²) in [7, 11) is 0. The van der Waals surface area contributed by atoms with Gasteiger partial charge in [0.25, 0.3) is 5.91 Å². The Balaban J connectivity index is 1.96. The zero-order valence-electron chi connectivity index (χ0n) is 10.5. The third-order valence-corrected chi connectivity index (χ3v) is 5.91. The lowest BCUT2D eigenvalue weighted by molar-refractivity contribution is 0.0944. The van der Waals surface area contributed by atoms with E-state index in [1.807, 2.05) is 18.2 Å². The number of benzene rings is 1. The number of carbonyl (C=O) groups is 1. The number of nitrogens with one attached hydrogen (secondary N) is 1. The minimum absolute atomic E-state index is 0.0191. The van der Waals surface area contributed by atoms with Gasteiger partial charge in [-0.05, 0) is 81.4 Å². The second kappa shape index (κ2) is 7.41. The standard InChI is InChI=1S/C14H16Br2INO/c15-7-9-2-1-3-10(9)8-18-14(19)12-6-11(17)4-5-13(12)16/h4-6,9-10H,1-3,7-8H2,(H,18,19). The first-order valence-electron chi connectivity index (χ1n) is 6.41. The van der Waals surface area contributed by atoms with Crippen LogP contribution in [-0.2, 0) is 0 Å². The van der Waals surface area contributed by atoms with E-state index < -0.39 is 0 Å². The molecule has 2 atom stereocenters. The Labute approximate surface area is 144 Å². The molecule has 2 unspecified atom stereocenters. The first-order valence-corrected chi connectivity index (χ1v) is 9.40. The van der Waals surface area contributed by atoms with E-state index in [9.17, 15) is 4.79 Å². The van der Waals surface area contributed by atoms with Gasteiger partial charge in [0.2, 0.25) is 0 Å².